The van der Waals surface area contributed by atoms with E-state index in [1.54, 1.807) is 24.3 Å². The highest BCUT2D eigenvalue weighted by molar-refractivity contribution is 6.01. The third-order valence-corrected chi connectivity index (χ3v) is 1.70. The Kier molecular flexibility index (Phi) is 2.33. The standard InChI is InChI=1S/C10H7N3/c11-6-5-8-3-1-2-4-9(8)10(13)7-12/h1-5,9,13H/b8-5?,13-10+. The first kappa shape index (κ1) is 7.52. The molecule has 1 aliphatic rings. The van der Waals surface area contributed by atoms with Gasteiger partial charge in [0.25, 0.3) is 0 Å². The summed E-state index contributed by atoms with van der Waals surface area (Å²) in [5.41, 5.74) is 0.773. The number of nitriles is 2. The smallest absolute Gasteiger partial charge is 0.188 e. The number of rotatable bonds is 1. The van der Waals surface area contributed by atoms with Crippen molar-refractivity contribution < 1.29 is 1.41 Å². The molecule has 3 nitrogen and oxygen atoms in total. The van der Waals surface area contributed by atoms with E-state index in [1.165, 1.54) is 6.08 Å². The molecule has 0 aliphatic heterocycles. The molecule has 0 heterocycles. The van der Waals surface area contributed by atoms with Crippen LogP contribution in [-0.4, -0.2) is 5.71 Å². The third kappa shape index (κ3) is 1.91. The van der Waals surface area contributed by atoms with Crippen molar-refractivity contribution in [3.63, 3.8) is 0 Å². The number of nitrogens with zero attached hydrogens (tertiary/aromatic N) is 2. The van der Waals surface area contributed by atoms with E-state index in [0.717, 1.165) is 0 Å². The van der Waals surface area contributed by atoms with Crippen molar-refractivity contribution in [3.8, 4) is 12.1 Å². The van der Waals surface area contributed by atoms with E-state index in [2.05, 4.69) is 5.40 Å². The van der Waals surface area contributed by atoms with Gasteiger partial charge in [-0.15, -0.1) is 0 Å². The molecule has 0 amide bonds. The lowest BCUT2D eigenvalue weighted by Gasteiger charge is -2.12. The monoisotopic (exact) mass is 169 g/mol. The summed E-state index contributed by atoms with van der Waals surface area (Å²) in [6.07, 6.45) is 8.36. The van der Waals surface area contributed by atoms with Gasteiger partial charge in [-0.05, 0) is 5.57 Å². The minimum Gasteiger partial charge on any atom is -0.293 e. The number of hydrogen-bond acceptors (Lipinski definition) is 3. The zero-order valence-electron chi connectivity index (χ0n) is 7.81. The topological polar surface area (TPSA) is 71.4 Å². The molecule has 0 aromatic heterocycles. The molecule has 1 aliphatic carbocycles. The summed E-state index contributed by atoms with van der Waals surface area (Å²) >= 11 is 0. The molecule has 0 bridgehead atoms. The van der Waals surface area contributed by atoms with Gasteiger partial charge in [0.05, 0.1) is 12.0 Å². The Hall–Kier alpha value is -2.13. The molecule has 0 saturated carbocycles. The van der Waals surface area contributed by atoms with E-state index in [0.29, 0.717) is 5.57 Å². The summed E-state index contributed by atoms with van der Waals surface area (Å²) in [4.78, 5) is 0. The van der Waals surface area contributed by atoms with Gasteiger partial charge in [-0.25, -0.2) is 0 Å². The van der Waals surface area contributed by atoms with E-state index < -0.39 is 0 Å². The first-order valence-electron chi connectivity index (χ1n) is 4.14. The van der Waals surface area contributed by atoms with Gasteiger partial charge in [0.15, 0.2) is 1.41 Å². The van der Waals surface area contributed by atoms with Crippen LogP contribution in [0.15, 0.2) is 36.0 Å². The second-order valence-electron chi connectivity index (χ2n) is 2.49. The average molecular weight is 169 g/mol. The molecule has 1 rings (SSSR count). The number of hydrogen-bond donors (Lipinski definition) is 1. The summed E-state index contributed by atoms with van der Waals surface area (Å²) < 4.78 is 6.82. The highest BCUT2D eigenvalue weighted by Gasteiger charge is 2.15. The number of nitrogens with one attached hydrogen (secondary N) is 1. The number of allylic oxidation sites excluding steroid dienone is 6. The van der Waals surface area contributed by atoms with Crippen molar-refractivity contribution >= 4 is 5.71 Å². The summed E-state index contributed by atoms with van der Waals surface area (Å²) in [5.74, 6) is -0.359. The lowest BCUT2D eigenvalue weighted by molar-refractivity contribution is 1.05. The van der Waals surface area contributed by atoms with Gasteiger partial charge in [-0.3, -0.25) is 5.40 Å². The van der Waals surface area contributed by atoms with Crippen molar-refractivity contribution in [1.82, 2.24) is 0 Å². The maximum absolute atomic E-state index is 8.70. The highest BCUT2D eigenvalue weighted by Crippen LogP contribution is 2.19. The van der Waals surface area contributed by atoms with Crippen molar-refractivity contribution in [1.29, 1.82) is 15.9 Å². The fourth-order valence-corrected chi connectivity index (χ4v) is 1.09. The molecular weight excluding hydrogens is 162 g/mol. The third-order valence-electron chi connectivity index (χ3n) is 1.70. The van der Waals surface area contributed by atoms with Gasteiger partial charge >= 0.3 is 0 Å². The molecule has 3 heteroatoms. The maximum Gasteiger partial charge on any atom is 0.188 e. The fraction of sp³-hybridized carbons (Fsp3) is 0.100. The quantitative estimate of drug-likeness (QED) is 0.479. The highest BCUT2D eigenvalue weighted by atomic mass is 14.5. The molecule has 0 saturated heterocycles. The summed E-state index contributed by atoms with van der Waals surface area (Å²) in [6, 6.07) is 3.73. The first-order chi connectivity index (χ1) is 6.83. The molecule has 0 aromatic carbocycles. The van der Waals surface area contributed by atoms with E-state index >= 15 is 0 Å². The van der Waals surface area contributed by atoms with Gasteiger partial charge in [0.2, 0.25) is 0 Å². The molecular formula is C10H7N3. The molecule has 0 aromatic rings. The SMILES string of the molecule is [H]/N=C(\C#N)C1C=CC=CC1=CC#N. The second kappa shape index (κ2) is 4.04. The van der Waals surface area contributed by atoms with Crippen molar-refractivity contribution in [2.24, 2.45) is 5.92 Å². The van der Waals surface area contributed by atoms with E-state index in [1.807, 2.05) is 12.1 Å². The zero-order valence-corrected chi connectivity index (χ0v) is 6.81. The van der Waals surface area contributed by atoms with Crippen LogP contribution >= 0.6 is 0 Å². The normalized spacial score (nSPS) is 25.1. The largest absolute Gasteiger partial charge is 0.293 e. The minimum atomic E-state index is -0.359. The first-order valence-corrected chi connectivity index (χ1v) is 3.70. The van der Waals surface area contributed by atoms with Gasteiger partial charge < -0.3 is 0 Å². The van der Waals surface area contributed by atoms with Crippen LogP contribution in [0, 0.1) is 34.0 Å². The Balaban J connectivity index is 3.06. The maximum atomic E-state index is 8.70. The van der Waals surface area contributed by atoms with E-state index in [4.69, 9.17) is 11.9 Å². The Bertz CT molecular complexity index is 416. The van der Waals surface area contributed by atoms with Crippen LogP contribution in [0.5, 0.6) is 0 Å². The Labute approximate surface area is 77.9 Å². The van der Waals surface area contributed by atoms with Crippen molar-refractivity contribution in [2.75, 3.05) is 0 Å². The van der Waals surface area contributed by atoms with Crippen LogP contribution in [0.3, 0.4) is 0 Å². The Morgan fingerprint density at radius 2 is 2.46 bits per heavy atom. The summed E-state index contributed by atoms with van der Waals surface area (Å²) in [7, 11) is 0. The lowest BCUT2D eigenvalue weighted by atomic mass is 9.90. The van der Waals surface area contributed by atoms with Gasteiger partial charge in [0.1, 0.15) is 11.8 Å². The van der Waals surface area contributed by atoms with Gasteiger partial charge in [-0.1, -0.05) is 24.3 Å². The van der Waals surface area contributed by atoms with Gasteiger partial charge in [0, 0.05) is 6.08 Å². The van der Waals surface area contributed by atoms with Crippen molar-refractivity contribution in [3.05, 3.63) is 36.0 Å². The zero-order chi connectivity index (χ0) is 10.4. The molecule has 0 radical (unpaired) electrons. The van der Waals surface area contributed by atoms with Crippen LogP contribution in [-0.2, 0) is 0 Å². The van der Waals surface area contributed by atoms with Crippen LogP contribution in [0.25, 0.3) is 0 Å². The Morgan fingerprint density at radius 3 is 3.08 bits per heavy atom. The van der Waals surface area contributed by atoms with Gasteiger partial charge in [-0.2, -0.15) is 10.5 Å². The van der Waals surface area contributed by atoms with Crippen LogP contribution < -0.4 is 0 Å². The van der Waals surface area contributed by atoms with E-state index in [-0.39, 0.29) is 11.6 Å². The minimum absolute atomic E-state index is 0.0899. The molecule has 1 atom stereocenters. The van der Waals surface area contributed by atoms with Crippen LogP contribution in [0.2, 0.25) is 1.41 Å². The lowest BCUT2D eigenvalue weighted by Crippen LogP contribution is -2.12. The average Bonchev–Trinajstić information content (AvgIpc) is 2.23. The molecule has 0 fully saturated rings. The molecule has 62 valence electrons. The predicted octanol–water partition coefficient (Wildman–Crippen LogP) is 1.72. The van der Waals surface area contributed by atoms with Crippen molar-refractivity contribution in [2.45, 2.75) is 0 Å². The summed E-state index contributed by atoms with van der Waals surface area (Å²) in [6.45, 7) is 0. The molecule has 13 heavy (non-hydrogen) atoms. The molecule has 1 N–H and O–H groups in total. The Morgan fingerprint density at radius 1 is 1.62 bits per heavy atom. The second-order valence-corrected chi connectivity index (χ2v) is 2.49. The predicted molar refractivity (Wildman–Crippen MR) is 48.8 cm³/mol. The summed E-state index contributed by atoms with van der Waals surface area (Å²) in [5, 5.41) is 20.3. The van der Waals surface area contributed by atoms with Crippen LogP contribution in [0.1, 0.15) is 0 Å². The molecule has 1 unspecified atom stereocenters. The van der Waals surface area contributed by atoms with E-state index in [9.17, 15) is 0 Å². The fourth-order valence-electron chi connectivity index (χ4n) is 1.09. The molecule has 0 spiro atoms. The van der Waals surface area contributed by atoms with Crippen LogP contribution in [0.4, 0.5) is 0 Å².